The van der Waals surface area contributed by atoms with Crippen LogP contribution in [-0.2, 0) is 12.8 Å². The van der Waals surface area contributed by atoms with E-state index < -0.39 is 0 Å². The Labute approximate surface area is 82.9 Å². The lowest BCUT2D eigenvalue weighted by Crippen LogP contribution is -1.94. The molecule has 0 amide bonds. The molecule has 0 aromatic heterocycles. The lowest BCUT2D eigenvalue weighted by atomic mass is 10.0. The molecule has 0 radical (unpaired) electrons. The SMILES string of the molecule is O=[N+]([O-])c1ccc2c(c1)CCCCC2. The summed E-state index contributed by atoms with van der Waals surface area (Å²) in [5.41, 5.74) is 2.70. The number of benzene rings is 1. The smallest absolute Gasteiger partial charge is 0.258 e. The van der Waals surface area contributed by atoms with E-state index in [1.54, 1.807) is 12.1 Å². The molecule has 0 saturated heterocycles. The molecule has 0 saturated carbocycles. The third-order valence-electron chi connectivity index (χ3n) is 2.79. The first kappa shape index (κ1) is 9.19. The van der Waals surface area contributed by atoms with Gasteiger partial charge in [-0.2, -0.15) is 0 Å². The third kappa shape index (κ3) is 1.76. The molecule has 1 aromatic carbocycles. The lowest BCUT2D eigenvalue weighted by molar-refractivity contribution is -0.384. The monoisotopic (exact) mass is 191 g/mol. The molecule has 0 fully saturated rings. The number of nitro benzene ring substituents is 1. The van der Waals surface area contributed by atoms with Crippen LogP contribution >= 0.6 is 0 Å². The maximum Gasteiger partial charge on any atom is 0.269 e. The first-order chi connectivity index (χ1) is 6.77. The summed E-state index contributed by atoms with van der Waals surface area (Å²) in [5.74, 6) is 0. The molecule has 1 aliphatic carbocycles. The fraction of sp³-hybridized carbons (Fsp3) is 0.455. The molecule has 3 nitrogen and oxygen atoms in total. The van der Waals surface area contributed by atoms with Gasteiger partial charge < -0.3 is 0 Å². The standard InChI is InChI=1S/C11H13NO2/c13-12(14)11-7-6-9-4-2-1-3-5-10(9)8-11/h6-8H,1-5H2. The van der Waals surface area contributed by atoms with Crippen molar-refractivity contribution >= 4 is 5.69 Å². The van der Waals surface area contributed by atoms with Crippen molar-refractivity contribution in [1.29, 1.82) is 0 Å². The van der Waals surface area contributed by atoms with Crippen LogP contribution in [0.3, 0.4) is 0 Å². The molecule has 14 heavy (non-hydrogen) atoms. The maximum atomic E-state index is 10.6. The van der Waals surface area contributed by atoms with Crippen molar-refractivity contribution in [2.24, 2.45) is 0 Å². The van der Waals surface area contributed by atoms with Crippen molar-refractivity contribution in [1.82, 2.24) is 0 Å². The van der Waals surface area contributed by atoms with E-state index in [1.165, 1.54) is 24.0 Å². The second kappa shape index (κ2) is 3.78. The van der Waals surface area contributed by atoms with Gasteiger partial charge in [-0.15, -0.1) is 0 Å². The zero-order valence-electron chi connectivity index (χ0n) is 8.03. The second-order valence-electron chi connectivity index (χ2n) is 3.77. The van der Waals surface area contributed by atoms with Crippen molar-refractivity contribution in [3.8, 4) is 0 Å². The Morgan fingerprint density at radius 1 is 1.07 bits per heavy atom. The average molecular weight is 191 g/mol. The van der Waals surface area contributed by atoms with Crippen LogP contribution in [0.4, 0.5) is 5.69 Å². The van der Waals surface area contributed by atoms with Crippen LogP contribution in [0.5, 0.6) is 0 Å². The van der Waals surface area contributed by atoms with E-state index >= 15 is 0 Å². The summed E-state index contributed by atoms with van der Waals surface area (Å²) in [5, 5.41) is 10.6. The second-order valence-corrected chi connectivity index (χ2v) is 3.77. The minimum atomic E-state index is -0.314. The number of hydrogen-bond donors (Lipinski definition) is 0. The zero-order valence-corrected chi connectivity index (χ0v) is 8.03. The van der Waals surface area contributed by atoms with E-state index in [1.807, 2.05) is 6.07 Å². The van der Waals surface area contributed by atoms with Gasteiger partial charge in [0.1, 0.15) is 0 Å². The van der Waals surface area contributed by atoms with E-state index in [2.05, 4.69) is 0 Å². The zero-order chi connectivity index (χ0) is 9.97. The van der Waals surface area contributed by atoms with Gasteiger partial charge in [0.25, 0.3) is 5.69 Å². The Morgan fingerprint density at radius 3 is 2.50 bits per heavy atom. The van der Waals surface area contributed by atoms with Gasteiger partial charge in [0.15, 0.2) is 0 Å². The number of nitrogens with zero attached hydrogens (tertiary/aromatic N) is 1. The molecular weight excluding hydrogens is 178 g/mol. The predicted octanol–water partition coefficient (Wildman–Crippen LogP) is 2.86. The van der Waals surface area contributed by atoms with E-state index in [-0.39, 0.29) is 10.6 Å². The molecule has 2 rings (SSSR count). The molecule has 3 heteroatoms. The highest BCUT2D eigenvalue weighted by Gasteiger charge is 2.12. The van der Waals surface area contributed by atoms with Crippen molar-refractivity contribution in [2.45, 2.75) is 32.1 Å². The van der Waals surface area contributed by atoms with Crippen molar-refractivity contribution in [3.63, 3.8) is 0 Å². The summed E-state index contributed by atoms with van der Waals surface area (Å²) in [7, 11) is 0. The lowest BCUT2D eigenvalue weighted by Gasteiger charge is -2.03. The first-order valence-corrected chi connectivity index (χ1v) is 5.03. The summed E-state index contributed by atoms with van der Waals surface area (Å²) < 4.78 is 0. The molecule has 1 aliphatic rings. The van der Waals surface area contributed by atoms with Gasteiger partial charge in [0.05, 0.1) is 4.92 Å². The van der Waals surface area contributed by atoms with Gasteiger partial charge in [-0.3, -0.25) is 10.1 Å². The Morgan fingerprint density at radius 2 is 1.79 bits per heavy atom. The van der Waals surface area contributed by atoms with Crippen LogP contribution in [0, 0.1) is 10.1 Å². The topological polar surface area (TPSA) is 43.1 Å². The fourth-order valence-corrected chi connectivity index (χ4v) is 2.01. The summed E-state index contributed by atoms with van der Waals surface area (Å²) in [6.45, 7) is 0. The van der Waals surface area contributed by atoms with Gasteiger partial charge in [0.2, 0.25) is 0 Å². The van der Waals surface area contributed by atoms with Gasteiger partial charge in [-0.25, -0.2) is 0 Å². The van der Waals surface area contributed by atoms with Gasteiger partial charge in [-0.1, -0.05) is 12.5 Å². The van der Waals surface area contributed by atoms with Crippen LogP contribution < -0.4 is 0 Å². The number of non-ortho nitro benzene ring substituents is 1. The molecular formula is C11H13NO2. The van der Waals surface area contributed by atoms with Gasteiger partial charge >= 0.3 is 0 Å². The Kier molecular flexibility index (Phi) is 2.48. The van der Waals surface area contributed by atoms with Crippen LogP contribution in [0.25, 0.3) is 0 Å². The molecule has 0 heterocycles. The predicted molar refractivity (Wildman–Crippen MR) is 54.4 cm³/mol. The fourth-order valence-electron chi connectivity index (χ4n) is 2.01. The Hall–Kier alpha value is -1.38. The minimum Gasteiger partial charge on any atom is -0.258 e. The largest absolute Gasteiger partial charge is 0.269 e. The van der Waals surface area contributed by atoms with Crippen molar-refractivity contribution < 1.29 is 4.92 Å². The summed E-state index contributed by atoms with van der Waals surface area (Å²) in [6.07, 6.45) is 5.69. The summed E-state index contributed by atoms with van der Waals surface area (Å²) in [6, 6.07) is 5.27. The molecule has 0 atom stereocenters. The third-order valence-corrected chi connectivity index (χ3v) is 2.79. The number of fused-ring (bicyclic) bond motifs is 1. The highest BCUT2D eigenvalue weighted by molar-refractivity contribution is 5.40. The maximum absolute atomic E-state index is 10.6. The molecule has 0 spiro atoms. The Balaban J connectivity index is 2.37. The quantitative estimate of drug-likeness (QED) is 0.389. The Bertz CT molecular complexity index is 360. The molecule has 0 unspecified atom stereocenters. The number of aryl methyl sites for hydroxylation is 2. The minimum absolute atomic E-state index is 0.227. The summed E-state index contributed by atoms with van der Waals surface area (Å²) >= 11 is 0. The van der Waals surface area contributed by atoms with Crippen LogP contribution in [0.2, 0.25) is 0 Å². The van der Waals surface area contributed by atoms with Crippen LogP contribution in [0.1, 0.15) is 30.4 Å². The van der Waals surface area contributed by atoms with E-state index in [4.69, 9.17) is 0 Å². The number of nitro groups is 1. The van der Waals surface area contributed by atoms with Crippen LogP contribution in [0.15, 0.2) is 18.2 Å². The molecule has 74 valence electrons. The average Bonchev–Trinajstić information content (AvgIpc) is 2.41. The van der Waals surface area contributed by atoms with Crippen molar-refractivity contribution in [2.75, 3.05) is 0 Å². The highest BCUT2D eigenvalue weighted by atomic mass is 16.6. The number of hydrogen-bond acceptors (Lipinski definition) is 2. The van der Waals surface area contributed by atoms with E-state index in [0.717, 1.165) is 19.3 Å². The molecule has 0 bridgehead atoms. The van der Waals surface area contributed by atoms with E-state index in [0.29, 0.717) is 0 Å². The van der Waals surface area contributed by atoms with Crippen molar-refractivity contribution in [3.05, 3.63) is 39.4 Å². The van der Waals surface area contributed by atoms with Crippen LogP contribution in [-0.4, -0.2) is 4.92 Å². The van der Waals surface area contributed by atoms with Gasteiger partial charge in [-0.05, 0) is 36.8 Å². The summed E-state index contributed by atoms with van der Waals surface area (Å²) in [4.78, 5) is 10.3. The molecule has 1 aromatic rings. The molecule has 0 aliphatic heterocycles. The van der Waals surface area contributed by atoms with E-state index in [9.17, 15) is 10.1 Å². The van der Waals surface area contributed by atoms with Gasteiger partial charge in [0, 0.05) is 12.1 Å². The normalized spacial score (nSPS) is 15.7. The molecule has 0 N–H and O–H groups in total. The number of rotatable bonds is 1. The first-order valence-electron chi connectivity index (χ1n) is 5.03. The highest BCUT2D eigenvalue weighted by Crippen LogP contribution is 2.24.